The van der Waals surface area contributed by atoms with Gasteiger partial charge < -0.3 is 5.32 Å². The molecule has 0 atom stereocenters. The van der Waals surface area contributed by atoms with Crippen LogP contribution in [0, 0.1) is 0 Å². The Labute approximate surface area is 150 Å². The minimum absolute atomic E-state index is 0.00570. The summed E-state index contributed by atoms with van der Waals surface area (Å²) in [6, 6.07) is 11.2. The van der Waals surface area contributed by atoms with Crippen molar-refractivity contribution in [3.8, 4) is 0 Å². The molecular weight excluding hydrogens is 349 g/mol. The van der Waals surface area contributed by atoms with Crippen molar-refractivity contribution in [1.29, 1.82) is 0 Å². The van der Waals surface area contributed by atoms with Crippen molar-refractivity contribution in [2.45, 2.75) is 43.7 Å². The van der Waals surface area contributed by atoms with E-state index in [2.05, 4.69) is 22.4 Å². The lowest BCUT2D eigenvalue weighted by Crippen LogP contribution is -2.36. The first-order valence-electron chi connectivity index (χ1n) is 8.43. The van der Waals surface area contributed by atoms with E-state index in [9.17, 15) is 13.2 Å². The van der Waals surface area contributed by atoms with Crippen LogP contribution >= 0.6 is 11.6 Å². The van der Waals surface area contributed by atoms with Gasteiger partial charge in [0.15, 0.2) is 0 Å². The van der Waals surface area contributed by atoms with Crippen LogP contribution in [0.2, 0.25) is 5.02 Å². The number of aromatic nitrogens is 1. The van der Waals surface area contributed by atoms with Gasteiger partial charge in [-0.25, -0.2) is 4.98 Å². The highest BCUT2D eigenvalue weighted by molar-refractivity contribution is 6.32. The highest BCUT2D eigenvalue weighted by Crippen LogP contribution is 2.40. The lowest BCUT2D eigenvalue weighted by atomic mass is 9.69. The van der Waals surface area contributed by atoms with E-state index < -0.39 is 11.7 Å². The Kier molecular flexibility index (Phi) is 5.23. The third kappa shape index (κ3) is 4.09. The molecule has 134 valence electrons. The Morgan fingerprint density at radius 2 is 1.76 bits per heavy atom. The summed E-state index contributed by atoms with van der Waals surface area (Å²) in [4.78, 5) is 3.89. The first kappa shape index (κ1) is 18.1. The summed E-state index contributed by atoms with van der Waals surface area (Å²) in [6.07, 6.45) is 1.97. The average Bonchev–Trinajstić information content (AvgIpc) is 2.61. The van der Waals surface area contributed by atoms with E-state index in [0.29, 0.717) is 12.4 Å². The number of alkyl halides is 3. The van der Waals surface area contributed by atoms with Crippen molar-refractivity contribution in [1.82, 2.24) is 4.98 Å². The van der Waals surface area contributed by atoms with Gasteiger partial charge in [0.25, 0.3) is 0 Å². The predicted octanol–water partition coefficient (Wildman–Crippen LogP) is 6.07. The van der Waals surface area contributed by atoms with E-state index in [0.717, 1.165) is 37.9 Å². The smallest absolute Gasteiger partial charge is 0.368 e. The Hall–Kier alpha value is -1.75. The van der Waals surface area contributed by atoms with Crippen LogP contribution in [0.1, 0.15) is 43.2 Å². The SMILES string of the molecule is FC(F)(F)c1cnc(NCC2(c3ccccc3)CCCCC2)c(Cl)c1. The van der Waals surface area contributed by atoms with Crippen LogP contribution in [0.25, 0.3) is 0 Å². The zero-order valence-electron chi connectivity index (χ0n) is 13.7. The molecule has 1 saturated carbocycles. The number of benzene rings is 1. The summed E-state index contributed by atoms with van der Waals surface area (Å²) >= 11 is 6.02. The second-order valence-corrected chi connectivity index (χ2v) is 7.02. The molecule has 0 amide bonds. The number of rotatable bonds is 4. The van der Waals surface area contributed by atoms with Crippen molar-refractivity contribution in [3.63, 3.8) is 0 Å². The fourth-order valence-corrected chi connectivity index (χ4v) is 3.80. The maximum absolute atomic E-state index is 12.7. The Balaban J connectivity index is 1.80. The van der Waals surface area contributed by atoms with Crippen molar-refractivity contribution in [2.24, 2.45) is 0 Å². The lowest BCUT2D eigenvalue weighted by Gasteiger charge is -2.38. The van der Waals surface area contributed by atoms with Gasteiger partial charge in [-0.3, -0.25) is 0 Å². The molecule has 1 aliphatic carbocycles. The molecule has 0 bridgehead atoms. The molecule has 1 heterocycles. The second kappa shape index (κ2) is 7.24. The van der Waals surface area contributed by atoms with Crippen molar-refractivity contribution in [2.75, 3.05) is 11.9 Å². The maximum Gasteiger partial charge on any atom is 0.417 e. The summed E-state index contributed by atoms with van der Waals surface area (Å²) < 4.78 is 38.2. The average molecular weight is 369 g/mol. The van der Waals surface area contributed by atoms with E-state index >= 15 is 0 Å². The lowest BCUT2D eigenvalue weighted by molar-refractivity contribution is -0.137. The predicted molar refractivity (Wildman–Crippen MR) is 93.9 cm³/mol. The van der Waals surface area contributed by atoms with Gasteiger partial charge in [0.05, 0.1) is 10.6 Å². The second-order valence-electron chi connectivity index (χ2n) is 6.61. The summed E-state index contributed by atoms with van der Waals surface area (Å²) in [6.45, 7) is 0.606. The van der Waals surface area contributed by atoms with E-state index in [4.69, 9.17) is 11.6 Å². The van der Waals surface area contributed by atoms with Crippen molar-refractivity contribution in [3.05, 3.63) is 58.7 Å². The maximum atomic E-state index is 12.7. The summed E-state index contributed by atoms with van der Waals surface area (Å²) in [5.74, 6) is 0.301. The molecule has 1 fully saturated rings. The molecule has 1 aliphatic rings. The van der Waals surface area contributed by atoms with Crippen LogP contribution in [0.3, 0.4) is 0 Å². The molecule has 0 unspecified atom stereocenters. The van der Waals surface area contributed by atoms with Crippen LogP contribution in [0.4, 0.5) is 19.0 Å². The van der Waals surface area contributed by atoms with Crippen LogP contribution in [-0.2, 0) is 11.6 Å². The van der Waals surface area contributed by atoms with Crippen LogP contribution in [-0.4, -0.2) is 11.5 Å². The molecule has 0 radical (unpaired) electrons. The Bertz CT molecular complexity index is 710. The molecule has 2 nitrogen and oxygen atoms in total. The summed E-state index contributed by atoms with van der Waals surface area (Å²) in [5.41, 5.74) is 0.386. The molecule has 6 heteroatoms. The van der Waals surface area contributed by atoms with Gasteiger partial charge in [-0.2, -0.15) is 13.2 Å². The molecule has 3 rings (SSSR count). The fraction of sp³-hybridized carbons (Fsp3) is 0.421. The normalized spacial score (nSPS) is 17.3. The van der Waals surface area contributed by atoms with E-state index in [1.54, 1.807) is 0 Å². The minimum atomic E-state index is -4.44. The van der Waals surface area contributed by atoms with Crippen molar-refractivity contribution >= 4 is 17.4 Å². The van der Waals surface area contributed by atoms with Crippen LogP contribution in [0.15, 0.2) is 42.6 Å². The highest BCUT2D eigenvalue weighted by Gasteiger charge is 2.34. The monoisotopic (exact) mass is 368 g/mol. The quantitative estimate of drug-likeness (QED) is 0.708. The molecule has 1 aromatic carbocycles. The molecule has 25 heavy (non-hydrogen) atoms. The molecule has 0 saturated heterocycles. The van der Waals surface area contributed by atoms with Gasteiger partial charge in [0.1, 0.15) is 5.82 Å². The van der Waals surface area contributed by atoms with Crippen LogP contribution < -0.4 is 5.32 Å². The zero-order valence-corrected chi connectivity index (χ0v) is 14.5. The van der Waals surface area contributed by atoms with Crippen LogP contribution in [0.5, 0.6) is 0 Å². The number of hydrogen-bond acceptors (Lipinski definition) is 2. The van der Waals surface area contributed by atoms with Gasteiger partial charge in [-0.05, 0) is 24.5 Å². The molecule has 0 spiro atoms. The highest BCUT2D eigenvalue weighted by atomic mass is 35.5. The fourth-order valence-electron chi connectivity index (χ4n) is 3.56. The number of nitrogens with one attached hydrogen (secondary N) is 1. The molecule has 2 aromatic rings. The number of anilines is 1. The van der Waals surface area contributed by atoms with Gasteiger partial charge in [0, 0.05) is 18.2 Å². The van der Waals surface area contributed by atoms with Gasteiger partial charge in [-0.15, -0.1) is 0 Å². The first-order chi connectivity index (χ1) is 11.9. The molecular formula is C19H20ClF3N2. The van der Waals surface area contributed by atoms with E-state index in [1.165, 1.54) is 12.0 Å². The van der Waals surface area contributed by atoms with Crippen molar-refractivity contribution < 1.29 is 13.2 Å². The number of pyridine rings is 1. The molecule has 0 aliphatic heterocycles. The van der Waals surface area contributed by atoms with Gasteiger partial charge in [0.2, 0.25) is 0 Å². The third-order valence-electron chi connectivity index (χ3n) is 4.96. The van der Waals surface area contributed by atoms with Gasteiger partial charge >= 0.3 is 6.18 Å². The topological polar surface area (TPSA) is 24.9 Å². The number of nitrogens with zero attached hydrogens (tertiary/aromatic N) is 1. The largest absolute Gasteiger partial charge is 0.417 e. The molecule has 1 N–H and O–H groups in total. The van der Waals surface area contributed by atoms with E-state index in [-0.39, 0.29) is 10.4 Å². The Morgan fingerprint density at radius 3 is 2.36 bits per heavy atom. The first-order valence-corrected chi connectivity index (χ1v) is 8.81. The number of halogens is 4. The van der Waals surface area contributed by atoms with E-state index in [1.807, 2.05) is 18.2 Å². The minimum Gasteiger partial charge on any atom is -0.368 e. The third-order valence-corrected chi connectivity index (χ3v) is 5.25. The standard InChI is InChI=1S/C19H20ClF3N2/c20-16-11-15(19(21,22)23)12-24-17(16)25-13-18(9-5-2-6-10-18)14-7-3-1-4-8-14/h1,3-4,7-8,11-12H,2,5-6,9-10,13H2,(H,24,25). The molecule has 1 aromatic heterocycles. The zero-order chi connectivity index (χ0) is 17.9. The van der Waals surface area contributed by atoms with Gasteiger partial charge in [-0.1, -0.05) is 61.2 Å². The summed E-state index contributed by atoms with van der Waals surface area (Å²) in [7, 11) is 0. The summed E-state index contributed by atoms with van der Waals surface area (Å²) in [5, 5.41) is 3.18. The Morgan fingerprint density at radius 1 is 1.08 bits per heavy atom. The number of hydrogen-bond donors (Lipinski definition) is 1.